The minimum Gasteiger partial charge on any atom is -0.378 e. The molecule has 1 unspecified atom stereocenters. The fourth-order valence-corrected chi connectivity index (χ4v) is 3.05. The molecule has 1 atom stereocenters. The zero-order valence-corrected chi connectivity index (χ0v) is 16.5. The average Bonchev–Trinajstić information content (AvgIpc) is 2.57. The summed E-state index contributed by atoms with van der Waals surface area (Å²) in [5.74, 6) is 0.956. The Labute approximate surface area is 148 Å². The van der Waals surface area contributed by atoms with E-state index in [1.54, 1.807) is 0 Å². The van der Waals surface area contributed by atoms with Crippen molar-refractivity contribution in [3.63, 3.8) is 0 Å². The molecule has 0 aliphatic rings. The van der Waals surface area contributed by atoms with Crippen molar-refractivity contribution < 1.29 is 4.39 Å². The molecule has 0 bridgehead atoms. The van der Waals surface area contributed by atoms with Gasteiger partial charge in [-0.3, -0.25) is 0 Å². The number of benzene rings is 1. The van der Waals surface area contributed by atoms with Gasteiger partial charge < -0.3 is 5.32 Å². The Hall–Kier alpha value is -1.57. The van der Waals surface area contributed by atoms with Gasteiger partial charge in [0.05, 0.1) is 5.69 Å². The summed E-state index contributed by atoms with van der Waals surface area (Å²) in [6, 6.07) is 2.01. The minimum absolute atomic E-state index is 0.106. The Morgan fingerprint density at radius 2 is 1.79 bits per heavy atom. The van der Waals surface area contributed by atoms with Crippen molar-refractivity contribution in [2.75, 3.05) is 11.9 Å². The van der Waals surface area contributed by atoms with Crippen molar-refractivity contribution in [2.45, 2.75) is 61.3 Å². The van der Waals surface area contributed by atoms with Crippen LogP contribution in [0.3, 0.4) is 0 Å². The van der Waals surface area contributed by atoms with E-state index in [0.717, 1.165) is 23.1 Å². The van der Waals surface area contributed by atoms with E-state index < -0.39 is 0 Å². The van der Waals surface area contributed by atoms with Crippen molar-refractivity contribution in [1.82, 2.24) is 0 Å². The third-order valence-electron chi connectivity index (χ3n) is 5.36. The highest BCUT2D eigenvalue weighted by molar-refractivity contribution is 5.59. The molecule has 0 aliphatic heterocycles. The molecule has 0 saturated heterocycles. The monoisotopic (exact) mass is 331 g/mol. The lowest BCUT2D eigenvalue weighted by molar-refractivity contribution is 0.477. The predicted octanol–water partition coefficient (Wildman–Crippen LogP) is 6.47. The number of anilines is 1. The van der Waals surface area contributed by atoms with Crippen LogP contribution >= 0.6 is 0 Å². The van der Waals surface area contributed by atoms with Gasteiger partial charge in [-0.15, -0.1) is 0 Å². The van der Waals surface area contributed by atoms with Crippen LogP contribution in [-0.4, -0.2) is 6.54 Å². The van der Waals surface area contributed by atoms with Crippen LogP contribution in [0.15, 0.2) is 29.9 Å². The van der Waals surface area contributed by atoms with E-state index in [1.165, 1.54) is 11.1 Å². The molecule has 0 spiro atoms. The zero-order valence-electron chi connectivity index (χ0n) is 16.5. The van der Waals surface area contributed by atoms with Crippen LogP contribution in [0.4, 0.5) is 10.1 Å². The van der Waals surface area contributed by atoms with Crippen molar-refractivity contribution in [2.24, 2.45) is 11.8 Å². The Kier molecular flexibility index (Phi) is 7.72. The normalized spacial score (nSPS) is 13.7. The summed E-state index contributed by atoms with van der Waals surface area (Å²) < 4.78 is 14.8. The van der Waals surface area contributed by atoms with Crippen molar-refractivity contribution in [1.29, 1.82) is 0 Å². The van der Waals surface area contributed by atoms with E-state index in [1.807, 2.05) is 26.0 Å². The third-order valence-corrected chi connectivity index (χ3v) is 5.36. The van der Waals surface area contributed by atoms with Gasteiger partial charge in [-0.05, 0) is 60.8 Å². The quantitative estimate of drug-likeness (QED) is 0.539. The Morgan fingerprint density at radius 1 is 1.21 bits per heavy atom. The van der Waals surface area contributed by atoms with Crippen LogP contribution in [0, 0.1) is 24.6 Å². The fourth-order valence-electron chi connectivity index (χ4n) is 3.05. The Balaban J connectivity index is 3.17. The van der Waals surface area contributed by atoms with Gasteiger partial charge in [0.15, 0.2) is 0 Å². The maximum absolute atomic E-state index is 14.8. The number of rotatable bonds is 8. The number of halogens is 1. The maximum atomic E-state index is 14.8. The first-order valence-corrected chi connectivity index (χ1v) is 9.15. The molecule has 0 saturated carbocycles. The van der Waals surface area contributed by atoms with Gasteiger partial charge in [0, 0.05) is 6.54 Å². The van der Waals surface area contributed by atoms with E-state index in [9.17, 15) is 4.39 Å². The number of aryl methyl sites for hydroxylation is 2. The molecule has 1 N–H and O–H groups in total. The topological polar surface area (TPSA) is 12.0 Å². The number of hydrogen-bond acceptors (Lipinski definition) is 1. The first kappa shape index (κ1) is 20.5. The van der Waals surface area contributed by atoms with E-state index in [2.05, 4.69) is 46.5 Å². The molecule has 1 aromatic carbocycles. The molecule has 0 amide bonds. The van der Waals surface area contributed by atoms with Crippen molar-refractivity contribution in [3.8, 4) is 0 Å². The summed E-state index contributed by atoms with van der Waals surface area (Å²) in [5, 5.41) is 3.35. The van der Waals surface area contributed by atoms with Crippen LogP contribution in [0.2, 0.25) is 0 Å². The second kappa shape index (κ2) is 9.05. The van der Waals surface area contributed by atoms with Crippen LogP contribution in [0.5, 0.6) is 0 Å². The molecule has 1 nitrogen and oxygen atoms in total. The highest BCUT2D eigenvalue weighted by Gasteiger charge is 2.16. The molecular formula is C22H34FN. The largest absolute Gasteiger partial charge is 0.378 e. The number of allylic oxidation sites excluding steroid dienone is 1. The van der Waals surface area contributed by atoms with Crippen LogP contribution in [-0.2, 0) is 12.8 Å². The molecule has 24 heavy (non-hydrogen) atoms. The first-order chi connectivity index (χ1) is 11.3. The van der Waals surface area contributed by atoms with Crippen LogP contribution < -0.4 is 5.32 Å². The fraction of sp³-hybridized carbons (Fsp3) is 0.545. The van der Waals surface area contributed by atoms with E-state index >= 15 is 0 Å². The summed E-state index contributed by atoms with van der Waals surface area (Å²) >= 11 is 0. The van der Waals surface area contributed by atoms with Gasteiger partial charge in [-0.1, -0.05) is 58.9 Å². The lowest BCUT2D eigenvalue weighted by Crippen LogP contribution is -2.14. The average molecular weight is 332 g/mol. The summed E-state index contributed by atoms with van der Waals surface area (Å²) in [6.07, 6.45) is 3.53. The van der Waals surface area contributed by atoms with Gasteiger partial charge in [-0.25, -0.2) is 4.39 Å². The second-order valence-corrected chi connectivity index (χ2v) is 7.01. The lowest BCUT2D eigenvalue weighted by Gasteiger charge is -2.21. The predicted molar refractivity (Wildman–Crippen MR) is 105 cm³/mol. The number of nitrogens with one attached hydrogen (secondary N) is 1. The zero-order chi connectivity index (χ0) is 18.4. The van der Waals surface area contributed by atoms with E-state index in [4.69, 9.17) is 0 Å². The van der Waals surface area contributed by atoms with Gasteiger partial charge in [0.1, 0.15) is 5.82 Å². The first-order valence-electron chi connectivity index (χ1n) is 9.15. The highest BCUT2D eigenvalue weighted by atomic mass is 19.1. The van der Waals surface area contributed by atoms with Crippen molar-refractivity contribution in [3.05, 3.63) is 52.4 Å². The molecule has 0 aliphatic carbocycles. The number of hydrogen-bond donors (Lipinski definition) is 1. The molecule has 134 valence electrons. The molecule has 1 aromatic rings. The molecule has 0 heterocycles. The lowest BCUT2D eigenvalue weighted by atomic mass is 9.88. The SMILES string of the molecule is C=C/C(CNc1c(C)c(CC)cc(CC)c1F)=C(/C)C(C)C(C)C. The van der Waals surface area contributed by atoms with E-state index in [-0.39, 0.29) is 5.82 Å². The smallest absolute Gasteiger partial charge is 0.149 e. The second-order valence-electron chi connectivity index (χ2n) is 7.01. The molecule has 0 radical (unpaired) electrons. The molecule has 1 rings (SSSR count). The minimum atomic E-state index is -0.106. The molecule has 0 fully saturated rings. The van der Waals surface area contributed by atoms with Gasteiger partial charge in [-0.2, -0.15) is 0 Å². The molecular weight excluding hydrogens is 297 g/mol. The molecule has 0 aromatic heterocycles. The van der Waals surface area contributed by atoms with Gasteiger partial charge in [0.25, 0.3) is 0 Å². The maximum Gasteiger partial charge on any atom is 0.149 e. The summed E-state index contributed by atoms with van der Waals surface area (Å²) in [6.45, 7) is 19.5. The van der Waals surface area contributed by atoms with Crippen LogP contribution in [0.1, 0.15) is 58.2 Å². The Bertz CT molecular complexity index is 583. The summed E-state index contributed by atoms with van der Waals surface area (Å²) in [7, 11) is 0. The molecule has 2 heteroatoms. The van der Waals surface area contributed by atoms with Crippen LogP contribution in [0.25, 0.3) is 0 Å². The van der Waals surface area contributed by atoms with Gasteiger partial charge in [0.2, 0.25) is 0 Å². The Morgan fingerprint density at radius 3 is 2.25 bits per heavy atom. The standard InChI is InChI=1S/C22H34FN/c1-9-18-12-19(10-2)21(23)22(17(18)8)24-13-20(11-3)16(7)15(6)14(4)5/h11-12,14-15,24H,3,9-10,13H2,1-2,4-8H3/b20-16+. The summed E-state index contributed by atoms with van der Waals surface area (Å²) in [5.41, 5.74) is 6.16. The van der Waals surface area contributed by atoms with E-state index in [0.29, 0.717) is 30.5 Å². The van der Waals surface area contributed by atoms with Gasteiger partial charge >= 0.3 is 0 Å². The third kappa shape index (κ3) is 4.49. The van der Waals surface area contributed by atoms with Crippen molar-refractivity contribution >= 4 is 5.69 Å². The summed E-state index contributed by atoms with van der Waals surface area (Å²) in [4.78, 5) is 0. The highest BCUT2D eigenvalue weighted by Crippen LogP contribution is 2.29.